The predicted molar refractivity (Wildman–Crippen MR) is 72.0 cm³/mol. The van der Waals surface area contributed by atoms with Crippen molar-refractivity contribution in [1.82, 2.24) is 15.2 Å². The van der Waals surface area contributed by atoms with Crippen molar-refractivity contribution in [3.63, 3.8) is 0 Å². The quantitative estimate of drug-likeness (QED) is 0.818. The normalized spacial score (nSPS) is 17.9. The van der Waals surface area contributed by atoms with Crippen LogP contribution in [0.15, 0.2) is 18.3 Å². The van der Waals surface area contributed by atoms with Gasteiger partial charge in [0, 0.05) is 30.9 Å². The van der Waals surface area contributed by atoms with Crippen molar-refractivity contribution in [2.24, 2.45) is 5.73 Å². The molecule has 2 amide bonds. The summed E-state index contributed by atoms with van der Waals surface area (Å²) in [6.45, 7) is 1.47. The number of hydrogen-bond donors (Lipinski definition) is 2. The number of hydrogen-bond acceptors (Lipinski definition) is 5. The first-order valence-corrected chi connectivity index (χ1v) is 6.41. The third-order valence-electron chi connectivity index (χ3n) is 3.17. The number of methoxy groups -OCH3 is 1. The van der Waals surface area contributed by atoms with Gasteiger partial charge in [0.1, 0.15) is 0 Å². The number of carbonyl (C=O) groups is 2. The van der Waals surface area contributed by atoms with Crippen molar-refractivity contribution in [3.8, 4) is 0 Å². The van der Waals surface area contributed by atoms with Gasteiger partial charge in [0.15, 0.2) is 0 Å². The number of nitrogens with one attached hydrogen (secondary N) is 1. The Balaban J connectivity index is 2.01. The first kappa shape index (κ1) is 14.3. The molecule has 0 radical (unpaired) electrons. The zero-order valence-corrected chi connectivity index (χ0v) is 11.3. The molecular weight excluding hydrogens is 260 g/mol. The van der Waals surface area contributed by atoms with Crippen LogP contribution in [0.4, 0.5) is 4.79 Å². The second-order valence-electron chi connectivity index (χ2n) is 4.68. The fourth-order valence-corrected chi connectivity index (χ4v) is 2.10. The van der Waals surface area contributed by atoms with Gasteiger partial charge in [-0.05, 0) is 18.6 Å². The number of nitrogens with two attached hydrogens (primary N) is 1. The van der Waals surface area contributed by atoms with Crippen LogP contribution in [-0.2, 0) is 11.3 Å². The Morgan fingerprint density at radius 1 is 1.60 bits per heavy atom. The van der Waals surface area contributed by atoms with Gasteiger partial charge in [-0.2, -0.15) is 0 Å². The van der Waals surface area contributed by atoms with Crippen LogP contribution in [0.2, 0.25) is 0 Å². The minimum atomic E-state index is -0.533. The van der Waals surface area contributed by atoms with Crippen LogP contribution in [0, 0.1) is 0 Å². The minimum Gasteiger partial charge on any atom is -0.453 e. The molecule has 0 aliphatic carbocycles. The molecule has 0 aromatic carbocycles. The van der Waals surface area contributed by atoms with Crippen LogP contribution < -0.4 is 11.1 Å². The van der Waals surface area contributed by atoms with Gasteiger partial charge in [-0.1, -0.05) is 0 Å². The molecule has 1 aliphatic rings. The van der Waals surface area contributed by atoms with Gasteiger partial charge in [-0.25, -0.2) is 4.79 Å². The molecule has 0 saturated carbocycles. The van der Waals surface area contributed by atoms with Crippen LogP contribution in [0.5, 0.6) is 0 Å². The van der Waals surface area contributed by atoms with E-state index in [-0.39, 0.29) is 18.5 Å². The van der Waals surface area contributed by atoms with Gasteiger partial charge in [0.25, 0.3) is 5.91 Å². The number of pyridine rings is 1. The van der Waals surface area contributed by atoms with Crippen LogP contribution in [-0.4, -0.2) is 48.1 Å². The van der Waals surface area contributed by atoms with Crippen LogP contribution >= 0.6 is 0 Å². The van der Waals surface area contributed by atoms with Gasteiger partial charge in [0.05, 0.1) is 19.3 Å². The van der Waals surface area contributed by atoms with E-state index < -0.39 is 6.09 Å². The molecule has 2 rings (SSSR count). The molecule has 1 aromatic heterocycles. The number of alkyl carbamates (subject to hydrolysis) is 1. The van der Waals surface area contributed by atoms with Gasteiger partial charge in [-0.15, -0.1) is 0 Å². The molecule has 7 heteroatoms. The largest absolute Gasteiger partial charge is 0.453 e. The van der Waals surface area contributed by atoms with E-state index in [2.05, 4.69) is 15.0 Å². The Labute approximate surface area is 117 Å². The van der Waals surface area contributed by atoms with Crippen LogP contribution in [0.25, 0.3) is 0 Å². The first-order chi connectivity index (χ1) is 9.60. The van der Waals surface area contributed by atoms with Crippen LogP contribution in [0.3, 0.4) is 0 Å². The highest BCUT2D eigenvalue weighted by Gasteiger charge is 2.24. The molecular formula is C13H18N4O3. The summed E-state index contributed by atoms with van der Waals surface area (Å²) in [7, 11) is 1.29. The summed E-state index contributed by atoms with van der Waals surface area (Å²) >= 11 is 0. The van der Waals surface area contributed by atoms with Crippen molar-refractivity contribution in [3.05, 3.63) is 29.6 Å². The molecule has 1 aromatic rings. The lowest BCUT2D eigenvalue weighted by molar-refractivity contribution is 0.0790. The minimum absolute atomic E-state index is 0.0559. The van der Waals surface area contributed by atoms with Gasteiger partial charge in [0.2, 0.25) is 0 Å². The fraction of sp³-hybridized carbons (Fsp3) is 0.462. The summed E-state index contributed by atoms with van der Waals surface area (Å²) in [5.41, 5.74) is 6.95. The Morgan fingerprint density at radius 3 is 3.05 bits per heavy atom. The Bertz CT molecular complexity index is 506. The molecule has 3 N–H and O–H groups in total. The molecule has 108 valence electrons. The number of nitrogens with zero attached hydrogens (tertiary/aromatic N) is 2. The Kier molecular flexibility index (Phi) is 4.52. The summed E-state index contributed by atoms with van der Waals surface area (Å²) in [5.74, 6) is -0.0559. The molecule has 0 spiro atoms. The Hall–Kier alpha value is -2.15. The summed E-state index contributed by atoms with van der Waals surface area (Å²) in [4.78, 5) is 29.1. The summed E-state index contributed by atoms with van der Waals surface area (Å²) in [5, 5.41) is 2.52. The lowest BCUT2D eigenvalue weighted by Gasteiger charge is -2.16. The third kappa shape index (κ3) is 3.45. The average Bonchev–Trinajstić information content (AvgIpc) is 2.90. The maximum Gasteiger partial charge on any atom is 0.407 e. The SMILES string of the molecule is COC(=O)NCc1cc(C(=O)N2CCC(N)C2)ccn1. The smallest absolute Gasteiger partial charge is 0.407 e. The summed E-state index contributed by atoms with van der Waals surface area (Å²) in [6, 6.07) is 3.39. The molecule has 1 unspecified atom stereocenters. The standard InChI is InChI=1S/C13H18N4O3/c1-20-13(19)16-7-11-6-9(2-4-15-11)12(18)17-5-3-10(14)8-17/h2,4,6,10H,3,5,7-8,14H2,1H3,(H,16,19). The van der Waals surface area contributed by atoms with Crippen molar-refractivity contribution in [2.75, 3.05) is 20.2 Å². The average molecular weight is 278 g/mol. The molecule has 1 atom stereocenters. The predicted octanol–water partition coefficient (Wildman–Crippen LogP) is 0.111. The van der Waals surface area contributed by atoms with Crippen LogP contribution in [0.1, 0.15) is 22.5 Å². The number of aromatic nitrogens is 1. The highest BCUT2D eigenvalue weighted by atomic mass is 16.5. The van der Waals surface area contributed by atoms with E-state index in [0.29, 0.717) is 24.3 Å². The second kappa shape index (κ2) is 6.33. The zero-order chi connectivity index (χ0) is 14.5. The molecule has 7 nitrogen and oxygen atoms in total. The van der Waals surface area contributed by atoms with E-state index in [9.17, 15) is 9.59 Å². The number of likely N-dealkylation sites (tertiary alicyclic amines) is 1. The van der Waals surface area contributed by atoms with Crippen molar-refractivity contribution < 1.29 is 14.3 Å². The highest BCUT2D eigenvalue weighted by Crippen LogP contribution is 2.12. The molecule has 0 bridgehead atoms. The Morgan fingerprint density at radius 2 is 2.40 bits per heavy atom. The van der Waals surface area contributed by atoms with Crippen molar-refractivity contribution in [2.45, 2.75) is 19.0 Å². The number of rotatable bonds is 3. The topological polar surface area (TPSA) is 97.5 Å². The molecule has 1 saturated heterocycles. The van der Waals surface area contributed by atoms with Gasteiger partial charge >= 0.3 is 6.09 Å². The van der Waals surface area contributed by atoms with Crippen molar-refractivity contribution in [1.29, 1.82) is 0 Å². The highest BCUT2D eigenvalue weighted by molar-refractivity contribution is 5.94. The van der Waals surface area contributed by atoms with E-state index in [0.717, 1.165) is 6.42 Å². The molecule has 20 heavy (non-hydrogen) atoms. The second-order valence-corrected chi connectivity index (χ2v) is 4.68. The molecule has 1 fully saturated rings. The van der Waals surface area contributed by atoms with Crippen molar-refractivity contribution >= 4 is 12.0 Å². The zero-order valence-electron chi connectivity index (χ0n) is 11.3. The fourth-order valence-electron chi connectivity index (χ4n) is 2.10. The molecule has 2 heterocycles. The maximum absolute atomic E-state index is 12.3. The summed E-state index contributed by atoms with van der Waals surface area (Å²) < 4.78 is 4.48. The van der Waals surface area contributed by atoms with Gasteiger partial charge in [-0.3, -0.25) is 9.78 Å². The number of ether oxygens (including phenoxy) is 1. The first-order valence-electron chi connectivity index (χ1n) is 6.41. The van der Waals surface area contributed by atoms with E-state index in [4.69, 9.17) is 5.73 Å². The lowest BCUT2D eigenvalue weighted by Crippen LogP contribution is -2.32. The summed E-state index contributed by atoms with van der Waals surface area (Å²) in [6.07, 6.45) is 1.85. The van der Waals surface area contributed by atoms with E-state index in [1.54, 1.807) is 23.2 Å². The monoisotopic (exact) mass is 278 g/mol. The number of amides is 2. The maximum atomic E-state index is 12.3. The molecule has 1 aliphatic heterocycles. The third-order valence-corrected chi connectivity index (χ3v) is 3.17. The van der Waals surface area contributed by atoms with E-state index in [1.807, 2.05) is 0 Å². The van der Waals surface area contributed by atoms with Gasteiger partial charge < -0.3 is 20.7 Å². The van der Waals surface area contributed by atoms with E-state index >= 15 is 0 Å². The lowest BCUT2D eigenvalue weighted by atomic mass is 10.2. The van der Waals surface area contributed by atoms with E-state index in [1.165, 1.54) is 7.11 Å². The number of carbonyl (C=O) groups excluding carboxylic acids is 2.